The lowest BCUT2D eigenvalue weighted by Crippen LogP contribution is -2.10. The van der Waals surface area contributed by atoms with Crippen LogP contribution < -0.4 is 4.74 Å². The number of alkyl halides is 3. The lowest BCUT2D eigenvalue weighted by Gasteiger charge is -2.23. The molecule has 2 aromatic carbocycles. The number of aliphatic hydroxyl groups is 1. The average Bonchev–Trinajstić information content (AvgIpc) is 2.55. The highest BCUT2D eigenvalue weighted by Crippen LogP contribution is 2.41. The van der Waals surface area contributed by atoms with Crippen molar-refractivity contribution in [2.45, 2.75) is 31.5 Å². The van der Waals surface area contributed by atoms with Gasteiger partial charge in [0, 0.05) is 11.6 Å². The van der Waals surface area contributed by atoms with E-state index in [4.69, 9.17) is 4.74 Å². The highest BCUT2D eigenvalue weighted by molar-refractivity contribution is 5.53. The second-order valence-electron chi connectivity index (χ2n) is 5.77. The molecule has 0 radical (unpaired) electrons. The summed E-state index contributed by atoms with van der Waals surface area (Å²) >= 11 is 0. The fraction of sp³-hybridized carbons (Fsp3) is 0.294. The van der Waals surface area contributed by atoms with Crippen molar-refractivity contribution in [1.82, 2.24) is 0 Å². The van der Waals surface area contributed by atoms with Crippen LogP contribution in [0.25, 0.3) is 0 Å². The molecular formula is C17H14F3NO4. The van der Waals surface area contributed by atoms with E-state index in [1.807, 2.05) is 0 Å². The van der Waals surface area contributed by atoms with Crippen molar-refractivity contribution in [2.24, 2.45) is 0 Å². The number of aliphatic hydroxyl groups excluding tert-OH is 1. The van der Waals surface area contributed by atoms with Crippen LogP contribution >= 0.6 is 0 Å². The van der Waals surface area contributed by atoms with E-state index in [0.717, 1.165) is 24.1 Å². The molecular weight excluding hydrogens is 339 g/mol. The van der Waals surface area contributed by atoms with Crippen LogP contribution in [0.3, 0.4) is 0 Å². The normalized spacial score (nSPS) is 17.0. The van der Waals surface area contributed by atoms with Crippen molar-refractivity contribution in [3.8, 4) is 11.5 Å². The summed E-state index contributed by atoms with van der Waals surface area (Å²) in [6.07, 6.45) is -3.37. The molecule has 5 nitrogen and oxygen atoms in total. The first-order valence-corrected chi connectivity index (χ1v) is 7.60. The molecule has 0 saturated carbocycles. The van der Waals surface area contributed by atoms with Crippen molar-refractivity contribution < 1.29 is 27.9 Å². The number of nitro benzene ring substituents is 1. The van der Waals surface area contributed by atoms with Gasteiger partial charge in [0.25, 0.3) is 0 Å². The van der Waals surface area contributed by atoms with E-state index < -0.39 is 28.5 Å². The van der Waals surface area contributed by atoms with Crippen molar-refractivity contribution in [3.05, 3.63) is 63.2 Å². The first-order valence-electron chi connectivity index (χ1n) is 7.60. The standard InChI is InChI=1S/C17H14F3NO4/c18-17(19,20)10-7-8-16(13(9-10)21(23)24)25-15-6-2-3-11-12(15)4-1-5-14(11)22/h2-3,6-9,14,22H,1,4-5H2/t14-/m0/s1. The van der Waals surface area contributed by atoms with Gasteiger partial charge in [-0.2, -0.15) is 13.2 Å². The topological polar surface area (TPSA) is 72.6 Å². The Hall–Kier alpha value is -2.61. The number of nitro groups is 1. The Kier molecular flexibility index (Phi) is 4.38. The van der Waals surface area contributed by atoms with Gasteiger partial charge in [0.15, 0.2) is 0 Å². The van der Waals surface area contributed by atoms with Gasteiger partial charge >= 0.3 is 11.9 Å². The number of benzene rings is 2. The van der Waals surface area contributed by atoms with Gasteiger partial charge < -0.3 is 9.84 Å². The SMILES string of the molecule is O=[N+]([O-])c1cc(C(F)(F)F)ccc1Oc1cccc2c1CCC[C@@H]2O. The van der Waals surface area contributed by atoms with Crippen LogP contribution in [0, 0.1) is 10.1 Å². The van der Waals surface area contributed by atoms with Gasteiger partial charge in [0.2, 0.25) is 5.75 Å². The highest BCUT2D eigenvalue weighted by Gasteiger charge is 2.33. The molecule has 8 heteroatoms. The van der Waals surface area contributed by atoms with Gasteiger partial charge in [0.05, 0.1) is 16.6 Å². The number of halogens is 3. The van der Waals surface area contributed by atoms with Crippen LogP contribution in [0.5, 0.6) is 11.5 Å². The Morgan fingerprint density at radius 2 is 1.96 bits per heavy atom. The number of ether oxygens (including phenoxy) is 1. The Morgan fingerprint density at radius 3 is 2.64 bits per heavy atom. The minimum atomic E-state index is -4.68. The largest absolute Gasteiger partial charge is 0.450 e. The van der Waals surface area contributed by atoms with Crippen molar-refractivity contribution in [3.63, 3.8) is 0 Å². The quantitative estimate of drug-likeness (QED) is 0.637. The summed E-state index contributed by atoms with van der Waals surface area (Å²) in [5.74, 6) is 0.0329. The smallest absolute Gasteiger partial charge is 0.416 e. The number of fused-ring (bicyclic) bond motifs is 1. The lowest BCUT2D eigenvalue weighted by molar-refractivity contribution is -0.385. The monoisotopic (exact) mass is 353 g/mol. The molecule has 0 spiro atoms. The molecule has 0 heterocycles. The maximum atomic E-state index is 12.8. The summed E-state index contributed by atoms with van der Waals surface area (Å²) in [5.41, 5.74) is -0.477. The molecule has 3 rings (SSSR count). The molecule has 0 aliphatic heterocycles. The second-order valence-corrected chi connectivity index (χ2v) is 5.77. The van der Waals surface area contributed by atoms with Crippen LogP contribution in [-0.4, -0.2) is 10.0 Å². The van der Waals surface area contributed by atoms with Gasteiger partial charge in [-0.15, -0.1) is 0 Å². The molecule has 132 valence electrons. The van der Waals surface area contributed by atoms with E-state index in [-0.39, 0.29) is 5.75 Å². The number of hydrogen-bond acceptors (Lipinski definition) is 4. The van der Waals surface area contributed by atoms with E-state index in [2.05, 4.69) is 0 Å². The van der Waals surface area contributed by atoms with Crippen LogP contribution in [0.2, 0.25) is 0 Å². The summed E-state index contributed by atoms with van der Waals surface area (Å²) in [5, 5.41) is 21.2. The van der Waals surface area contributed by atoms with Crippen LogP contribution in [0.4, 0.5) is 18.9 Å². The van der Waals surface area contributed by atoms with E-state index in [1.165, 1.54) is 0 Å². The zero-order valence-corrected chi connectivity index (χ0v) is 12.9. The second kappa shape index (κ2) is 6.36. The van der Waals surface area contributed by atoms with E-state index in [0.29, 0.717) is 30.2 Å². The fourth-order valence-electron chi connectivity index (χ4n) is 2.93. The number of hydrogen-bond donors (Lipinski definition) is 1. The van der Waals surface area contributed by atoms with Gasteiger partial charge in [-0.3, -0.25) is 10.1 Å². The molecule has 2 aromatic rings. The third kappa shape index (κ3) is 3.43. The van der Waals surface area contributed by atoms with E-state index >= 15 is 0 Å². The molecule has 0 unspecified atom stereocenters. The van der Waals surface area contributed by atoms with Crippen LogP contribution in [0.15, 0.2) is 36.4 Å². The molecule has 0 amide bonds. The summed E-state index contributed by atoms with van der Waals surface area (Å²) in [4.78, 5) is 10.2. The number of rotatable bonds is 3. The Bertz CT molecular complexity index is 820. The molecule has 0 aromatic heterocycles. The Labute approximate surface area is 140 Å². The maximum Gasteiger partial charge on any atom is 0.416 e. The zero-order chi connectivity index (χ0) is 18.2. The summed E-state index contributed by atoms with van der Waals surface area (Å²) in [7, 11) is 0. The summed E-state index contributed by atoms with van der Waals surface area (Å²) in [6.45, 7) is 0. The third-order valence-corrected chi connectivity index (χ3v) is 4.14. The van der Waals surface area contributed by atoms with Gasteiger partial charge in [-0.1, -0.05) is 12.1 Å². The minimum absolute atomic E-state index is 0.272. The van der Waals surface area contributed by atoms with E-state index in [9.17, 15) is 28.4 Å². The fourth-order valence-corrected chi connectivity index (χ4v) is 2.93. The Balaban J connectivity index is 2.02. The minimum Gasteiger partial charge on any atom is -0.450 e. The van der Waals surface area contributed by atoms with Crippen LogP contribution in [0.1, 0.15) is 35.6 Å². The molecule has 1 atom stereocenters. The van der Waals surface area contributed by atoms with Crippen molar-refractivity contribution >= 4 is 5.69 Å². The van der Waals surface area contributed by atoms with E-state index in [1.54, 1.807) is 18.2 Å². The third-order valence-electron chi connectivity index (χ3n) is 4.14. The number of nitrogens with zero attached hydrogens (tertiary/aromatic N) is 1. The highest BCUT2D eigenvalue weighted by atomic mass is 19.4. The predicted octanol–water partition coefficient (Wildman–Crippen LogP) is 4.78. The first-order chi connectivity index (χ1) is 11.8. The average molecular weight is 353 g/mol. The lowest BCUT2D eigenvalue weighted by atomic mass is 9.89. The molecule has 1 N–H and O–H groups in total. The molecule has 25 heavy (non-hydrogen) atoms. The zero-order valence-electron chi connectivity index (χ0n) is 12.9. The van der Waals surface area contributed by atoms with Crippen LogP contribution in [-0.2, 0) is 12.6 Å². The molecule has 1 aliphatic carbocycles. The molecule has 1 aliphatic rings. The summed E-state index contributed by atoms with van der Waals surface area (Å²) < 4.78 is 43.9. The van der Waals surface area contributed by atoms with Gasteiger partial charge in [-0.05, 0) is 43.0 Å². The molecule has 0 fully saturated rings. The van der Waals surface area contributed by atoms with Gasteiger partial charge in [-0.25, -0.2) is 0 Å². The first kappa shape index (κ1) is 17.2. The molecule has 0 bridgehead atoms. The maximum absolute atomic E-state index is 12.8. The van der Waals surface area contributed by atoms with Gasteiger partial charge in [0.1, 0.15) is 5.75 Å². The predicted molar refractivity (Wildman–Crippen MR) is 82.5 cm³/mol. The van der Waals surface area contributed by atoms with Crippen molar-refractivity contribution in [2.75, 3.05) is 0 Å². The van der Waals surface area contributed by atoms with Crippen molar-refractivity contribution in [1.29, 1.82) is 0 Å². The Morgan fingerprint density at radius 1 is 1.20 bits per heavy atom. The molecule has 0 saturated heterocycles. The summed E-state index contributed by atoms with van der Waals surface area (Å²) in [6, 6.07) is 7.11.